The Kier molecular flexibility index (Phi) is 4.95. The largest absolute Gasteiger partial charge is 0.381 e. The molecular weight excluding hydrogens is 258 g/mol. The molecule has 2 rings (SSSR count). The monoisotopic (exact) mass is 277 g/mol. The van der Waals surface area contributed by atoms with Crippen molar-refractivity contribution in [2.45, 2.75) is 25.3 Å². The van der Waals surface area contributed by atoms with Crippen LogP contribution < -0.4 is 16.4 Å². The second kappa shape index (κ2) is 6.91. The summed E-state index contributed by atoms with van der Waals surface area (Å²) in [6.45, 7) is 1.36. The number of urea groups is 1. The van der Waals surface area contributed by atoms with Crippen LogP contribution in [-0.2, 0) is 16.0 Å². The topological polar surface area (TPSA) is 93.5 Å². The van der Waals surface area contributed by atoms with Crippen LogP contribution in [0.1, 0.15) is 18.4 Å². The fourth-order valence-electron chi connectivity index (χ4n) is 2.15. The highest BCUT2D eigenvalue weighted by molar-refractivity contribution is 5.89. The molecule has 0 atom stereocenters. The van der Waals surface area contributed by atoms with Crippen molar-refractivity contribution >= 4 is 17.6 Å². The number of ether oxygens (including phenoxy) is 1. The van der Waals surface area contributed by atoms with E-state index in [1.54, 1.807) is 24.3 Å². The van der Waals surface area contributed by atoms with Crippen molar-refractivity contribution in [3.63, 3.8) is 0 Å². The molecule has 6 heteroatoms. The van der Waals surface area contributed by atoms with Gasteiger partial charge in [0.15, 0.2) is 0 Å². The van der Waals surface area contributed by atoms with Gasteiger partial charge in [-0.25, -0.2) is 4.79 Å². The highest BCUT2D eigenvalue weighted by atomic mass is 16.5. The average Bonchev–Trinajstić information content (AvgIpc) is 2.39. The van der Waals surface area contributed by atoms with Gasteiger partial charge in [-0.3, -0.25) is 4.79 Å². The third-order valence-corrected chi connectivity index (χ3v) is 3.12. The third kappa shape index (κ3) is 4.55. The Balaban J connectivity index is 1.88. The van der Waals surface area contributed by atoms with Gasteiger partial charge in [-0.2, -0.15) is 0 Å². The molecule has 0 aromatic heterocycles. The van der Waals surface area contributed by atoms with Gasteiger partial charge in [-0.05, 0) is 30.5 Å². The molecule has 0 unspecified atom stereocenters. The molecule has 1 aromatic rings. The summed E-state index contributed by atoms with van der Waals surface area (Å²) >= 11 is 0. The summed E-state index contributed by atoms with van der Waals surface area (Å²) in [4.78, 5) is 22.7. The molecule has 1 fully saturated rings. The number of primary amides is 1. The molecular formula is C14H19N3O3. The van der Waals surface area contributed by atoms with Gasteiger partial charge < -0.3 is 21.1 Å². The van der Waals surface area contributed by atoms with Crippen molar-refractivity contribution < 1.29 is 14.3 Å². The van der Waals surface area contributed by atoms with Gasteiger partial charge in [0.2, 0.25) is 5.91 Å². The van der Waals surface area contributed by atoms with Gasteiger partial charge in [-0.15, -0.1) is 0 Å². The van der Waals surface area contributed by atoms with Crippen LogP contribution in [0.3, 0.4) is 0 Å². The molecule has 1 aliphatic heterocycles. The number of carbonyl (C=O) groups excluding carboxylic acids is 2. The van der Waals surface area contributed by atoms with Gasteiger partial charge in [-0.1, -0.05) is 12.1 Å². The Bertz CT molecular complexity index is 484. The van der Waals surface area contributed by atoms with Crippen LogP contribution in [0.5, 0.6) is 0 Å². The Morgan fingerprint density at radius 2 is 2.05 bits per heavy atom. The molecule has 3 amide bonds. The Morgan fingerprint density at radius 1 is 1.30 bits per heavy atom. The lowest BCUT2D eigenvalue weighted by atomic mass is 10.1. The molecule has 4 N–H and O–H groups in total. The predicted molar refractivity (Wildman–Crippen MR) is 75.3 cm³/mol. The lowest BCUT2D eigenvalue weighted by molar-refractivity contribution is -0.117. The van der Waals surface area contributed by atoms with Crippen LogP contribution in [0.2, 0.25) is 0 Å². The quantitative estimate of drug-likeness (QED) is 0.767. The minimum absolute atomic E-state index is 0.151. The standard InChI is InChI=1S/C14H19N3O3/c15-13(18)9-10-2-1-3-12(8-10)17-14(19)16-11-4-6-20-7-5-11/h1-3,8,11H,4-7,9H2,(H2,15,18)(H2,16,17,19). The van der Waals surface area contributed by atoms with E-state index < -0.39 is 5.91 Å². The van der Waals surface area contributed by atoms with Crippen LogP contribution in [0.15, 0.2) is 24.3 Å². The van der Waals surface area contributed by atoms with E-state index in [0.29, 0.717) is 18.9 Å². The van der Waals surface area contributed by atoms with Gasteiger partial charge in [0.05, 0.1) is 6.42 Å². The number of rotatable bonds is 4. The molecule has 1 saturated heterocycles. The van der Waals surface area contributed by atoms with Crippen LogP contribution >= 0.6 is 0 Å². The van der Waals surface area contributed by atoms with Crippen molar-refractivity contribution in [2.24, 2.45) is 5.73 Å². The fraction of sp³-hybridized carbons (Fsp3) is 0.429. The number of carbonyl (C=O) groups is 2. The van der Waals surface area contributed by atoms with Crippen molar-refractivity contribution in [3.8, 4) is 0 Å². The smallest absolute Gasteiger partial charge is 0.319 e. The summed E-state index contributed by atoms with van der Waals surface area (Å²) in [6.07, 6.45) is 1.82. The first-order valence-electron chi connectivity index (χ1n) is 6.66. The van der Waals surface area contributed by atoms with E-state index >= 15 is 0 Å². The second-order valence-electron chi connectivity index (χ2n) is 4.83. The van der Waals surface area contributed by atoms with Crippen molar-refractivity contribution in [1.29, 1.82) is 0 Å². The Hall–Kier alpha value is -2.08. The molecule has 0 spiro atoms. The maximum absolute atomic E-state index is 11.9. The average molecular weight is 277 g/mol. The molecule has 6 nitrogen and oxygen atoms in total. The Labute approximate surface area is 117 Å². The first kappa shape index (κ1) is 14.3. The molecule has 0 aliphatic carbocycles. The molecule has 20 heavy (non-hydrogen) atoms. The minimum atomic E-state index is -0.395. The zero-order chi connectivity index (χ0) is 14.4. The summed E-state index contributed by atoms with van der Waals surface area (Å²) in [5.74, 6) is -0.395. The van der Waals surface area contributed by atoms with Crippen LogP contribution in [-0.4, -0.2) is 31.2 Å². The van der Waals surface area contributed by atoms with Gasteiger partial charge >= 0.3 is 6.03 Å². The van der Waals surface area contributed by atoms with Crippen molar-refractivity contribution in [1.82, 2.24) is 5.32 Å². The predicted octanol–water partition coefficient (Wildman–Crippen LogP) is 1.01. The molecule has 1 aliphatic rings. The number of hydrogen-bond acceptors (Lipinski definition) is 3. The first-order valence-corrected chi connectivity index (χ1v) is 6.66. The van der Waals surface area contributed by atoms with Crippen molar-refractivity contribution in [2.75, 3.05) is 18.5 Å². The number of benzene rings is 1. The van der Waals surface area contributed by atoms with E-state index in [4.69, 9.17) is 10.5 Å². The maximum atomic E-state index is 11.9. The van der Waals surface area contributed by atoms with Gasteiger partial charge in [0.25, 0.3) is 0 Å². The zero-order valence-corrected chi connectivity index (χ0v) is 11.2. The minimum Gasteiger partial charge on any atom is -0.381 e. The van der Waals surface area contributed by atoms with E-state index in [9.17, 15) is 9.59 Å². The normalized spacial score (nSPS) is 15.6. The van der Waals surface area contributed by atoms with E-state index in [0.717, 1.165) is 18.4 Å². The molecule has 0 radical (unpaired) electrons. The molecule has 0 saturated carbocycles. The zero-order valence-electron chi connectivity index (χ0n) is 11.2. The number of amides is 3. The number of anilines is 1. The van der Waals surface area contributed by atoms with E-state index in [1.807, 2.05) is 0 Å². The maximum Gasteiger partial charge on any atom is 0.319 e. The van der Waals surface area contributed by atoms with Crippen LogP contribution in [0.25, 0.3) is 0 Å². The number of nitrogens with one attached hydrogen (secondary N) is 2. The summed E-state index contributed by atoms with van der Waals surface area (Å²) in [5, 5.41) is 5.67. The second-order valence-corrected chi connectivity index (χ2v) is 4.83. The highest BCUT2D eigenvalue weighted by Gasteiger charge is 2.15. The fourth-order valence-corrected chi connectivity index (χ4v) is 2.15. The summed E-state index contributed by atoms with van der Waals surface area (Å²) in [7, 11) is 0. The number of hydrogen-bond donors (Lipinski definition) is 3. The van der Waals surface area contributed by atoms with E-state index in [-0.39, 0.29) is 18.5 Å². The summed E-state index contributed by atoms with van der Waals surface area (Å²) in [5.41, 5.74) is 6.57. The van der Waals surface area contributed by atoms with Gasteiger partial charge in [0, 0.05) is 24.9 Å². The molecule has 1 heterocycles. The lowest BCUT2D eigenvalue weighted by Crippen LogP contribution is -2.41. The molecule has 0 bridgehead atoms. The SMILES string of the molecule is NC(=O)Cc1cccc(NC(=O)NC2CCOCC2)c1. The third-order valence-electron chi connectivity index (χ3n) is 3.12. The van der Waals surface area contributed by atoms with Crippen LogP contribution in [0, 0.1) is 0 Å². The summed E-state index contributed by atoms with van der Waals surface area (Å²) in [6, 6.07) is 7.00. The summed E-state index contributed by atoms with van der Waals surface area (Å²) < 4.78 is 5.24. The van der Waals surface area contributed by atoms with E-state index in [1.165, 1.54) is 0 Å². The lowest BCUT2D eigenvalue weighted by Gasteiger charge is -2.23. The molecule has 1 aromatic carbocycles. The van der Waals surface area contributed by atoms with Gasteiger partial charge in [0.1, 0.15) is 0 Å². The van der Waals surface area contributed by atoms with E-state index in [2.05, 4.69) is 10.6 Å². The van der Waals surface area contributed by atoms with Crippen LogP contribution in [0.4, 0.5) is 10.5 Å². The number of nitrogens with two attached hydrogens (primary N) is 1. The Morgan fingerprint density at radius 3 is 2.75 bits per heavy atom. The molecule has 108 valence electrons. The highest BCUT2D eigenvalue weighted by Crippen LogP contribution is 2.12. The first-order chi connectivity index (χ1) is 9.63. The van der Waals surface area contributed by atoms with Crippen molar-refractivity contribution in [3.05, 3.63) is 29.8 Å².